The van der Waals surface area contributed by atoms with Gasteiger partial charge in [-0.2, -0.15) is 0 Å². The Morgan fingerprint density at radius 2 is 1.62 bits per heavy atom. The molecule has 4 aliphatic carbocycles. The zero-order valence-electron chi connectivity index (χ0n) is 17.0. The first-order valence-corrected chi connectivity index (χ1v) is 11.2. The summed E-state index contributed by atoms with van der Waals surface area (Å²) in [6, 6.07) is 0.915. The predicted octanol–water partition coefficient (Wildman–Crippen LogP) is 2.98. The fraction of sp³-hybridized carbons (Fsp3) is 0.955. The standard InChI is InChI=1S/C22H39N3O/c1-24(2)10-7-23-21(26)4-3-16-5-8-25(9-6-16)22-19-12-17-11-18(14-19)15-20(22)13-17/h16-20,22H,3-15H2,1-2H3,(H,23,26). The van der Waals surface area contributed by atoms with Crippen LogP contribution in [0.2, 0.25) is 0 Å². The van der Waals surface area contributed by atoms with Crippen molar-refractivity contribution in [2.24, 2.45) is 29.6 Å². The first-order chi connectivity index (χ1) is 12.6. The molecule has 4 nitrogen and oxygen atoms in total. The Morgan fingerprint density at radius 3 is 2.19 bits per heavy atom. The van der Waals surface area contributed by atoms with E-state index in [1.807, 2.05) is 14.1 Å². The van der Waals surface area contributed by atoms with Crippen LogP contribution in [0, 0.1) is 29.6 Å². The molecule has 5 rings (SSSR count). The van der Waals surface area contributed by atoms with Gasteiger partial charge in [0.1, 0.15) is 0 Å². The van der Waals surface area contributed by atoms with E-state index >= 15 is 0 Å². The number of piperidine rings is 1. The zero-order chi connectivity index (χ0) is 18.1. The first-order valence-electron chi connectivity index (χ1n) is 11.2. The quantitative estimate of drug-likeness (QED) is 0.757. The second-order valence-corrected chi connectivity index (χ2v) is 10.1. The fourth-order valence-corrected chi connectivity index (χ4v) is 6.87. The summed E-state index contributed by atoms with van der Waals surface area (Å²) in [6.07, 6.45) is 12.1. The highest BCUT2D eigenvalue weighted by atomic mass is 16.1. The molecule has 0 radical (unpaired) electrons. The second kappa shape index (κ2) is 8.18. The van der Waals surface area contributed by atoms with Gasteiger partial charge in [0.25, 0.3) is 0 Å². The number of carbonyl (C=O) groups excluding carboxylic acids is 1. The maximum absolute atomic E-state index is 12.0. The summed E-state index contributed by atoms with van der Waals surface area (Å²) in [5.41, 5.74) is 0. The largest absolute Gasteiger partial charge is 0.355 e. The van der Waals surface area contributed by atoms with Crippen LogP contribution in [0.1, 0.15) is 57.8 Å². The van der Waals surface area contributed by atoms with Crippen molar-refractivity contribution in [3.63, 3.8) is 0 Å². The number of carbonyl (C=O) groups is 1. The molecular weight excluding hydrogens is 322 g/mol. The van der Waals surface area contributed by atoms with Gasteiger partial charge < -0.3 is 10.2 Å². The molecule has 0 aromatic heterocycles. The maximum atomic E-state index is 12.0. The minimum Gasteiger partial charge on any atom is -0.355 e. The average Bonchev–Trinajstić information content (AvgIpc) is 2.60. The molecule has 5 aliphatic rings. The molecule has 0 atom stereocenters. The number of likely N-dealkylation sites (N-methyl/N-ethyl adjacent to an activating group) is 1. The zero-order valence-corrected chi connectivity index (χ0v) is 17.0. The van der Waals surface area contributed by atoms with Crippen molar-refractivity contribution < 1.29 is 4.79 Å². The summed E-state index contributed by atoms with van der Waals surface area (Å²) in [4.78, 5) is 17.0. The molecule has 4 bridgehead atoms. The van der Waals surface area contributed by atoms with Crippen molar-refractivity contribution in [3.8, 4) is 0 Å². The van der Waals surface area contributed by atoms with Crippen molar-refractivity contribution in [2.75, 3.05) is 40.3 Å². The fourth-order valence-electron chi connectivity index (χ4n) is 6.87. The van der Waals surface area contributed by atoms with Crippen molar-refractivity contribution in [3.05, 3.63) is 0 Å². The summed E-state index contributed by atoms with van der Waals surface area (Å²) in [6.45, 7) is 4.28. The number of hydrogen-bond acceptors (Lipinski definition) is 3. The van der Waals surface area contributed by atoms with Crippen LogP contribution < -0.4 is 5.32 Å². The van der Waals surface area contributed by atoms with E-state index in [2.05, 4.69) is 15.1 Å². The molecule has 4 saturated carbocycles. The molecule has 1 saturated heterocycles. The highest BCUT2D eigenvalue weighted by Gasteiger charge is 2.50. The molecule has 1 aliphatic heterocycles. The number of nitrogens with one attached hydrogen (secondary N) is 1. The Kier molecular flexibility index (Phi) is 5.90. The molecule has 0 unspecified atom stereocenters. The second-order valence-electron chi connectivity index (χ2n) is 10.1. The summed E-state index contributed by atoms with van der Waals surface area (Å²) in [5, 5.41) is 3.06. The normalized spacial score (nSPS) is 37.4. The van der Waals surface area contributed by atoms with E-state index in [0.717, 1.165) is 61.6 Å². The monoisotopic (exact) mass is 361 g/mol. The number of amides is 1. The smallest absolute Gasteiger partial charge is 0.220 e. The van der Waals surface area contributed by atoms with Crippen LogP contribution in [0.25, 0.3) is 0 Å². The lowest BCUT2D eigenvalue weighted by Crippen LogP contribution is -2.57. The topological polar surface area (TPSA) is 35.6 Å². The predicted molar refractivity (Wildman–Crippen MR) is 106 cm³/mol. The minimum absolute atomic E-state index is 0.246. The van der Waals surface area contributed by atoms with E-state index in [1.54, 1.807) is 6.42 Å². The van der Waals surface area contributed by atoms with Crippen LogP contribution in [-0.2, 0) is 4.79 Å². The van der Waals surface area contributed by atoms with Crippen molar-refractivity contribution >= 4 is 5.91 Å². The minimum atomic E-state index is 0.246. The third-order valence-electron chi connectivity index (χ3n) is 7.91. The number of nitrogens with zero attached hydrogens (tertiary/aromatic N) is 2. The number of likely N-dealkylation sites (tertiary alicyclic amines) is 1. The molecule has 26 heavy (non-hydrogen) atoms. The van der Waals surface area contributed by atoms with Gasteiger partial charge in [-0.15, -0.1) is 0 Å². The van der Waals surface area contributed by atoms with Crippen molar-refractivity contribution in [1.82, 2.24) is 15.1 Å². The first kappa shape index (κ1) is 18.7. The summed E-state index contributed by atoms with van der Waals surface area (Å²) in [7, 11) is 4.09. The molecule has 4 heteroatoms. The molecule has 1 amide bonds. The molecule has 0 aromatic carbocycles. The molecule has 148 valence electrons. The van der Waals surface area contributed by atoms with Gasteiger partial charge in [0.2, 0.25) is 5.91 Å². The van der Waals surface area contributed by atoms with Gasteiger partial charge in [-0.05, 0) is 108 Å². The SMILES string of the molecule is CN(C)CCNC(=O)CCC1CCN(C2C3CC4CC(C3)CC2C4)CC1. The summed E-state index contributed by atoms with van der Waals surface area (Å²) < 4.78 is 0. The Balaban J connectivity index is 1.17. The average molecular weight is 362 g/mol. The van der Waals surface area contributed by atoms with E-state index in [0.29, 0.717) is 0 Å². The lowest BCUT2D eigenvalue weighted by Gasteiger charge is -2.58. The number of hydrogen-bond donors (Lipinski definition) is 1. The van der Waals surface area contributed by atoms with E-state index in [1.165, 1.54) is 51.6 Å². The Morgan fingerprint density at radius 1 is 1.00 bits per heavy atom. The van der Waals surface area contributed by atoms with Crippen LogP contribution in [0.5, 0.6) is 0 Å². The lowest BCUT2D eigenvalue weighted by atomic mass is 9.53. The summed E-state index contributed by atoms with van der Waals surface area (Å²) >= 11 is 0. The Hall–Kier alpha value is -0.610. The van der Waals surface area contributed by atoms with Crippen LogP contribution in [0.3, 0.4) is 0 Å². The van der Waals surface area contributed by atoms with Gasteiger partial charge in [0, 0.05) is 25.6 Å². The van der Waals surface area contributed by atoms with Crippen LogP contribution in [0.4, 0.5) is 0 Å². The molecule has 0 aromatic rings. The van der Waals surface area contributed by atoms with Crippen molar-refractivity contribution in [2.45, 2.75) is 63.8 Å². The third-order valence-corrected chi connectivity index (χ3v) is 7.91. The van der Waals surface area contributed by atoms with Gasteiger partial charge >= 0.3 is 0 Å². The van der Waals surface area contributed by atoms with Gasteiger partial charge in [0.15, 0.2) is 0 Å². The Bertz CT molecular complexity index is 456. The van der Waals surface area contributed by atoms with E-state index in [9.17, 15) is 4.79 Å². The molecule has 5 fully saturated rings. The van der Waals surface area contributed by atoms with E-state index in [4.69, 9.17) is 0 Å². The highest BCUT2D eigenvalue weighted by molar-refractivity contribution is 5.75. The maximum Gasteiger partial charge on any atom is 0.220 e. The Labute approximate surface area is 160 Å². The molecular formula is C22H39N3O. The van der Waals surface area contributed by atoms with Crippen LogP contribution in [0.15, 0.2) is 0 Å². The lowest BCUT2D eigenvalue weighted by molar-refractivity contribution is -0.121. The van der Waals surface area contributed by atoms with Crippen LogP contribution in [-0.4, -0.2) is 62.0 Å². The highest BCUT2D eigenvalue weighted by Crippen LogP contribution is 2.55. The van der Waals surface area contributed by atoms with Crippen LogP contribution >= 0.6 is 0 Å². The number of rotatable bonds is 7. The van der Waals surface area contributed by atoms with Gasteiger partial charge in [-0.3, -0.25) is 9.69 Å². The van der Waals surface area contributed by atoms with E-state index < -0.39 is 0 Å². The molecule has 1 heterocycles. The van der Waals surface area contributed by atoms with Gasteiger partial charge in [-0.1, -0.05) is 0 Å². The summed E-state index contributed by atoms with van der Waals surface area (Å²) in [5.74, 6) is 5.21. The van der Waals surface area contributed by atoms with Gasteiger partial charge in [-0.25, -0.2) is 0 Å². The third kappa shape index (κ3) is 4.27. The van der Waals surface area contributed by atoms with Crippen molar-refractivity contribution in [1.29, 1.82) is 0 Å². The van der Waals surface area contributed by atoms with E-state index in [-0.39, 0.29) is 5.91 Å². The molecule has 0 spiro atoms. The molecule has 1 N–H and O–H groups in total. The van der Waals surface area contributed by atoms with Gasteiger partial charge in [0.05, 0.1) is 0 Å².